The SMILES string of the molecule is Cc1ccc(SCCC(=O)OCC(=O)N(C)CC(=O)Nc2ccc(F)cc2)cc1. The third kappa shape index (κ3) is 8.35. The fourth-order valence-electron chi connectivity index (χ4n) is 2.25. The van der Waals surface area contributed by atoms with Crippen LogP contribution >= 0.6 is 11.8 Å². The molecular formula is C21H23FN2O4S. The van der Waals surface area contributed by atoms with Crippen LogP contribution in [0.5, 0.6) is 0 Å². The van der Waals surface area contributed by atoms with E-state index < -0.39 is 30.2 Å². The molecule has 8 heteroatoms. The van der Waals surface area contributed by atoms with E-state index in [1.807, 2.05) is 31.2 Å². The molecule has 2 amide bonds. The molecule has 154 valence electrons. The van der Waals surface area contributed by atoms with Gasteiger partial charge >= 0.3 is 5.97 Å². The number of halogens is 1. The Bertz CT molecular complexity index is 841. The van der Waals surface area contributed by atoms with Crippen molar-refractivity contribution in [3.8, 4) is 0 Å². The van der Waals surface area contributed by atoms with Crippen molar-refractivity contribution in [1.29, 1.82) is 0 Å². The number of aryl methyl sites for hydroxylation is 1. The number of hydrogen-bond donors (Lipinski definition) is 1. The van der Waals surface area contributed by atoms with E-state index in [0.717, 1.165) is 9.80 Å². The quantitative estimate of drug-likeness (QED) is 0.500. The van der Waals surface area contributed by atoms with Crippen molar-refractivity contribution in [2.24, 2.45) is 0 Å². The Morgan fingerprint density at radius 2 is 1.72 bits per heavy atom. The highest BCUT2D eigenvalue weighted by molar-refractivity contribution is 7.99. The van der Waals surface area contributed by atoms with Gasteiger partial charge in [-0.05, 0) is 43.3 Å². The van der Waals surface area contributed by atoms with E-state index in [0.29, 0.717) is 11.4 Å². The molecule has 0 unspecified atom stereocenters. The van der Waals surface area contributed by atoms with Gasteiger partial charge in [-0.25, -0.2) is 4.39 Å². The minimum absolute atomic E-state index is 0.181. The number of benzene rings is 2. The van der Waals surface area contributed by atoms with Crippen molar-refractivity contribution >= 4 is 35.2 Å². The Labute approximate surface area is 173 Å². The zero-order valence-corrected chi connectivity index (χ0v) is 17.1. The van der Waals surface area contributed by atoms with Gasteiger partial charge in [0.25, 0.3) is 5.91 Å². The van der Waals surface area contributed by atoms with Crippen LogP contribution in [0.25, 0.3) is 0 Å². The van der Waals surface area contributed by atoms with Gasteiger partial charge in [-0.2, -0.15) is 0 Å². The summed E-state index contributed by atoms with van der Waals surface area (Å²) in [5.41, 5.74) is 1.59. The number of nitrogens with one attached hydrogen (secondary N) is 1. The average Bonchev–Trinajstić information content (AvgIpc) is 2.69. The van der Waals surface area contributed by atoms with E-state index in [4.69, 9.17) is 4.74 Å². The summed E-state index contributed by atoms with van der Waals surface area (Å²) in [5, 5.41) is 2.56. The minimum atomic E-state index is -0.487. The van der Waals surface area contributed by atoms with Crippen LogP contribution in [-0.4, -0.2) is 48.6 Å². The molecular weight excluding hydrogens is 395 g/mol. The highest BCUT2D eigenvalue weighted by Gasteiger charge is 2.15. The summed E-state index contributed by atoms with van der Waals surface area (Å²) >= 11 is 1.54. The Balaban J connectivity index is 1.65. The van der Waals surface area contributed by atoms with E-state index in [1.54, 1.807) is 0 Å². The number of ether oxygens (including phenoxy) is 1. The molecule has 0 bridgehead atoms. The molecule has 29 heavy (non-hydrogen) atoms. The van der Waals surface area contributed by atoms with E-state index in [1.165, 1.54) is 48.6 Å². The first kappa shape index (κ1) is 22.4. The summed E-state index contributed by atoms with van der Waals surface area (Å²) in [7, 11) is 1.44. The number of hydrogen-bond acceptors (Lipinski definition) is 5. The van der Waals surface area contributed by atoms with Crippen LogP contribution in [-0.2, 0) is 19.1 Å². The number of nitrogens with zero attached hydrogens (tertiary/aromatic N) is 1. The Morgan fingerprint density at radius 3 is 2.38 bits per heavy atom. The summed E-state index contributed by atoms with van der Waals surface area (Å²) in [6.07, 6.45) is 0.181. The van der Waals surface area contributed by atoms with Gasteiger partial charge in [-0.15, -0.1) is 11.8 Å². The van der Waals surface area contributed by atoms with Gasteiger partial charge in [-0.3, -0.25) is 14.4 Å². The van der Waals surface area contributed by atoms with E-state index in [2.05, 4.69) is 5.32 Å². The maximum absolute atomic E-state index is 12.9. The number of esters is 1. The molecule has 0 atom stereocenters. The standard InChI is InChI=1S/C21H23FN2O4S/c1-15-3-9-18(10-4-15)29-12-11-21(27)28-14-20(26)24(2)13-19(25)23-17-7-5-16(22)6-8-17/h3-10H,11-14H2,1-2H3,(H,23,25). The van der Waals surface area contributed by atoms with Gasteiger partial charge in [0.15, 0.2) is 6.61 Å². The predicted molar refractivity (Wildman–Crippen MR) is 110 cm³/mol. The molecule has 0 heterocycles. The number of likely N-dealkylation sites (N-methyl/N-ethyl adjacent to an activating group) is 1. The molecule has 0 radical (unpaired) electrons. The van der Waals surface area contributed by atoms with Crippen LogP contribution in [0.4, 0.5) is 10.1 Å². The second kappa shape index (κ2) is 11.2. The minimum Gasteiger partial charge on any atom is -0.456 e. The number of thioether (sulfide) groups is 1. The van der Waals surface area contributed by atoms with Gasteiger partial charge in [-0.1, -0.05) is 17.7 Å². The highest BCUT2D eigenvalue weighted by Crippen LogP contribution is 2.19. The summed E-state index contributed by atoms with van der Waals surface area (Å²) < 4.78 is 17.8. The molecule has 0 aromatic heterocycles. The predicted octanol–water partition coefficient (Wildman–Crippen LogP) is 3.26. The first-order chi connectivity index (χ1) is 13.8. The second-order valence-corrected chi connectivity index (χ2v) is 7.55. The number of carbonyl (C=O) groups is 3. The summed E-state index contributed by atoms with van der Waals surface area (Å²) in [6, 6.07) is 13.3. The average molecular weight is 418 g/mol. The molecule has 2 aromatic rings. The van der Waals surface area contributed by atoms with E-state index in [9.17, 15) is 18.8 Å². The monoisotopic (exact) mass is 418 g/mol. The lowest BCUT2D eigenvalue weighted by Crippen LogP contribution is -2.37. The molecule has 6 nitrogen and oxygen atoms in total. The molecule has 0 saturated heterocycles. The fraction of sp³-hybridized carbons (Fsp3) is 0.286. The normalized spacial score (nSPS) is 10.3. The third-order valence-electron chi connectivity index (χ3n) is 3.89. The van der Waals surface area contributed by atoms with Crippen LogP contribution in [0.2, 0.25) is 0 Å². The van der Waals surface area contributed by atoms with Crippen LogP contribution in [0, 0.1) is 12.7 Å². The number of carbonyl (C=O) groups excluding carboxylic acids is 3. The number of rotatable bonds is 9. The molecule has 1 N–H and O–H groups in total. The number of amides is 2. The molecule has 0 saturated carbocycles. The topological polar surface area (TPSA) is 75.7 Å². The Morgan fingerprint density at radius 1 is 1.07 bits per heavy atom. The van der Waals surface area contributed by atoms with Gasteiger partial charge < -0.3 is 15.0 Å². The van der Waals surface area contributed by atoms with Crippen LogP contribution in [0.1, 0.15) is 12.0 Å². The summed E-state index contributed by atoms with van der Waals surface area (Å²) in [4.78, 5) is 38.0. The van der Waals surface area contributed by atoms with Crippen molar-refractivity contribution in [1.82, 2.24) is 4.90 Å². The molecule has 0 aliphatic heterocycles. The van der Waals surface area contributed by atoms with Gasteiger partial charge in [0.1, 0.15) is 5.82 Å². The largest absolute Gasteiger partial charge is 0.456 e. The van der Waals surface area contributed by atoms with Crippen molar-refractivity contribution in [3.63, 3.8) is 0 Å². The van der Waals surface area contributed by atoms with Crippen LogP contribution in [0.3, 0.4) is 0 Å². The van der Waals surface area contributed by atoms with Crippen molar-refractivity contribution < 1.29 is 23.5 Å². The fourth-order valence-corrected chi connectivity index (χ4v) is 3.08. The van der Waals surface area contributed by atoms with Gasteiger partial charge in [0.05, 0.1) is 13.0 Å². The van der Waals surface area contributed by atoms with Gasteiger partial charge in [0, 0.05) is 23.4 Å². The van der Waals surface area contributed by atoms with Gasteiger partial charge in [0.2, 0.25) is 5.91 Å². The summed E-state index contributed by atoms with van der Waals surface area (Å²) in [5.74, 6) is -1.25. The van der Waals surface area contributed by atoms with Crippen molar-refractivity contribution in [3.05, 3.63) is 59.9 Å². The van der Waals surface area contributed by atoms with E-state index in [-0.39, 0.29) is 13.0 Å². The molecule has 0 aliphatic carbocycles. The Kier molecular flexibility index (Phi) is 8.67. The first-order valence-electron chi connectivity index (χ1n) is 8.98. The lowest BCUT2D eigenvalue weighted by atomic mass is 10.2. The Hall–Kier alpha value is -2.87. The lowest BCUT2D eigenvalue weighted by molar-refractivity contribution is -0.151. The van der Waals surface area contributed by atoms with Crippen molar-refractivity contribution in [2.45, 2.75) is 18.2 Å². The van der Waals surface area contributed by atoms with E-state index >= 15 is 0 Å². The zero-order valence-electron chi connectivity index (χ0n) is 16.3. The molecule has 2 aromatic carbocycles. The third-order valence-corrected chi connectivity index (χ3v) is 4.90. The lowest BCUT2D eigenvalue weighted by Gasteiger charge is -2.16. The molecule has 0 aliphatic rings. The number of anilines is 1. The maximum Gasteiger partial charge on any atom is 0.307 e. The maximum atomic E-state index is 12.9. The molecule has 0 spiro atoms. The highest BCUT2D eigenvalue weighted by atomic mass is 32.2. The smallest absolute Gasteiger partial charge is 0.307 e. The molecule has 0 fully saturated rings. The second-order valence-electron chi connectivity index (χ2n) is 6.38. The van der Waals surface area contributed by atoms with Crippen molar-refractivity contribution in [2.75, 3.05) is 31.3 Å². The van der Waals surface area contributed by atoms with Crippen LogP contribution in [0.15, 0.2) is 53.4 Å². The summed E-state index contributed by atoms with van der Waals surface area (Å²) in [6.45, 7) is 1.37. The van der Waals surface area contributed by atoms with Crippen LogP contribution < -0.4 is 5.32 Å². The zero-order chi connectivity index (χ0) is 21.2. The first-order valence-corrected chi connectivity index (χ1v) is 9.96. The molecule has 2 rings (SSSR count).